The van der Waals surface area contributed by atoms with E-state index in [0.717, 1.165) is 24.7 Å². The number of benzene rings is 4. The average molecular weight is 532 g/mol. The summed E-state index contributed by atoms with van der Waals surface area (Å²) >= 11 is 6.84. The highest BCUT2D eigenvalue weighted by atomic mass is 79.9. The van der Waals surface area contributed by atoms with Crippen LogP contribution in [0.15, 0.2) is 112 Å². The number of aromatic nitrogens is 1. The molecule has 0 radical (unpaired) electrons. The van der Waals surface area contributed by atoms with Crippen molar-refractivity contribution in [1.82, 2.24) is 4.98 Å². The molecule has 1 aromatic heterocycles. The molecule has 0 fully saturated rings. The van der Waals surface area contributed by atoms with Crippen LogP contribution in [-0.4, -0.2) is 10.9 Å². The van der Waals surface area contributed by atoms with Crippen LogP contribution in [0.4, 0.5) is 5.69 Å². The summed E-state index contributed by atoms with van der Waals surface area (Å²) in [5.74, 6) is -0.144. The summed E-state index contributed by atoms with van der Waals surface area (Å²) in [6, 6.07) is 34.3. The third-order valence-electron chi connectivity index (χ3n) is 5.17. The van der Waals surface area contributed by atoms with Crippen molar-refractivity contribution in [3.05, 3.63) is 124 Å². The van der Waals surface area contributed by atoms with E-state index < -0.39 is 0 Å². The molecule has 6 heteroatoms. The number of fused-ring (bicyclic) bond motifs is 1. The summed E-state index contributed by atoms with van der Waals surface area (Å²) in [5.41, 5.74) is 4.78. The van der Waals surface area contributed by atoms with E-state index in [0.29, 0.717) is 5.56 Å². The number of hydrogen-bond acceptors (Lipinski definition) is 4. The lowest BCUT2D eigenvalue weighted by Crippen LogP contribution is -2.12. The summed E-state index contributed by atoms with van der Waals surface area (Å²) in [5, 5.41) is 3.15. The molecule has 0 unspecified atom stereocenters. The summed E-state index contributed by atoms with van der Waals surface area (Å²) in [7, 11) is 0. The predicted molar refractivity (Wildman–Crippen MR) is 142 cm³/mol. The normalized spacial score (nSPS) is 11.1. The van der Waals surface area contributed by atoms with E-state index in [4.69, 9.17) is 4.98 Å². The Morgan fingerprint density at radius 2 is 1.48 bits per heavy atom. The quantitative estimate of drug-likeness (QED) is 0.225. The number of amides is 1. The largest absolute Gasteiger partial charge is 0.322 e. The number of nitrogens with zero attached hydrogens (tertiary/aromatic N) is 1. The minimum Gasteiger partial charge on any atom is -0.322 e. The summed E-state index contributed by atoms with van der Waals surface area (Å²) in [4.78, 5) is 17.5. The van der Waals surface area contributed by atoms with Crippen molar-refractivity contribution >= 4 is 60.8 Å². The van der Waals surface area contributed by atoms with Crippen molar-refractivity contribution in [2.45, 2.75) is 9.59 Å². The SMILES string of the molecule is O=C(Nc1ccc2nc(SC(c3ccccc3)c3ccccc3)sc2c1)c1ccccc1Br. The van der Waals surface area contributed by atoms with Crippen LogP contribution in [0.2, 0.25) is 0 Å². The number of carbonyl (C=O) groups excluding carboxylic acids is 1. The molecule has 1 N–H and O–H groups in total. The first-order chi connectivity index (χ1) is 16.2. The van der Waals surface area contributed by atoms with Gasteiger partial charge in [0.15, 0.2) is 4.34 Å². The van der Waals surface area contributed by atoms with Crippen molar-refractivity contribution in [3.8, 4) is 0 Å². The Labute approximate surface area is 209 Å². The van der Waals surface area contributed by atoms with Crippen molar-refractivity contribution in [2.24, 2.45) is 0 Å². The van der Waals surface area contributed by atoms with Gasteiger partial charge in [0.2, 0.25) is 0 Å². The first kappa shape index (κ1) is 21.9. The third kappa shape index (κ3) is 5.03. The number of anilines is 1. The van der Waals surface area contributed by atoms with Crippen LogP contribution in [0.3, 0.4) is 0 Å². The van der Waals surface area contributed by atoms with Gasteiger partial charge in [-0.1, -0.05) is 84.6 Å². The molecule has 0 aliphatic carbocycles. The van der Waals surface area contributed by atoms with E-state index in [1.807, 2.05) is 48.5 Å². The number of thioether (sulfide) groups is 1. The number of nitrogens with one attached hydrogen (secondary N) is 1. The molecule has 0 saturated heterocycles. The van der Waals surface area contributed by atoms with E-state index in [-0.39, 0.29) is 11.2 Å². The number of thiazole rings is 1. The van der Waals surface area contributed by atoms with E-state index in [2.05, 4.69) is 69.8 Å². The molecule has 0 spiro atoms. The van der Waals surface area contributed by atoms with Gasteiger partial charge in [0.25, 0.3) is 5.91 Å². The van der Waals surface area contributed by atoms with Gasteiger partial charge in [-0.05, 0) is 57.4 Å². The maximum atomic E-state index is 12.7. The van der Waals surface area contributed by atoms with Crippen LogP contribution in [0, 0.1) is 0 Å². The monoisotopic (exact) mass is 530 g/mol. The van der Waals surface area contributed by atoms with E-state index >= 15 is 0 Å². The summed E-state index contributed by atoms with van der Waals surface area (Å²) in [6.07, 6.45) is 0. The Morgan fingerprint density at radius 3 is 2.15 bits per heavy atom. The number of rotatable bonds is 6. The molecule has 0 saturated carbocycles. The molecule has 4 aromatic carbocycles. The van der Waals surface area contributed by atoms with Crippen molar-refractivity contribution in [3.63, 3.8) is 0 Å². The van der Waals surface area contributed by atoms with Gasteiger partial charge in [-0.2, -0.15) is 0 Å². The molecule has 0 atom stereocenters. The predicted octanol–water partition coefficient (Wildman–Crippen LogP) is 8.19. The lowest BCUT2D eigenvalue weighted by Gasteiger charge is -2.16. The van der Waals surface area contributed by atoms with Gasteiger partial charge in [0.05, 0.1) is 21.0 Å². The Hall–Kier alpha value is -2.93. The maximum absolute atomic E-state index is 12.7. The molecular weight excluding hydrogens is 512 g/mol. The van der Waals surface area contributed by atoms with Crippen molar-refractivity contribution < 1.29 is 4.79 Å². The van der Waals surface area contributed by atoms with Gasteiger partial charge < -0.3 is 5.32 Å². The second-order valence-electron chi connectivity index (χ2n) is 7.42. The van der Waals surface area contributed by atoms with Crippen LogP contribution in [0.5, 0.6) is 0 Å². The van der Waals surface area contributed by atoms with Crippen LogP contribution in [-0.2, 0) is 0 Å². The fourth-order valence-electron chi connectivity index (χ4n) is 3.56. The molecule has 5 aromatic rings. The van der Waals surface area contributed by atoms with Gasteiger partial charge in [0, 0.05) is 10.2 Å². The molecule has 33 heavy (non-hydrogen) atoms. The Morgan fingerprint density at radius 1 is 0.848 bits per heavy atom. The molecule has 3 nitrogen and oxygen atoms in total. The molecule has 0 aliphatic rings. The van der Waals surface area contributed by atoms with Crippen LogP contribution in [0.25, 0.3) is 10.2 Å². The molecule has 1 amide bonds. The fraction of sp³-hybridized carbons (Fsp3) is 0.0370. The van der Waals surface area contributed by atoms with E-state index in [9.17, 15) is 4.79 Å². The molecule has 162 valence electrons. The molecule has 5 rings (SSSR count). The Bertz CT molecular complexity index is 1360. The van der Waals surface area contributed by atoms with E-state index in [1.54, 1.807) is 29.2 Å². The zero-order chi connectivity index (χ0) is 22.6. The number of halogens is 1. The molecular formula is C27H19BrN2OS2. The van der Waals surface area contributed by atoms with Gasteiger partial charge in [-0.3, -0.25) is 4.79 Å². The van der Waals surface area contributed by atoms with Gasteiger partial charge in [0.1, 0.15) is 0 Å². The van der Waals surface area contributed by atoms with Crippen LogP contribution in [0.1, 0.15) is 26.7 Å². The Balaban J connectivity index is 1.41. The first-order valence-corrected chi connectivity index (χ1v) is 12.9. The summed E-state index contributed by atoms with van der Waals surface area (Å²) < 4.78 is 2.81. The lowest BCUT2D eigenvalue weighted by atomic mass is 10.0. The summed E-state index contributed by atoms with van der Waals surface area (Å²) in [6.45, 7) is 0. The van der Waals surface area contributed by atoms with Gasteiger partial charge in [-0.25, -0.2) is 4.98 Å². The minimum absolute atomic E-state index is 0.144. The zero-order valence-electron chi connectivity index (χ0n) is 17.4. The fourth-order valence-corrected chi connectivity index (χ4v) is 6.45. The first-order valence-electron chi connectivity index (χ1n) is 10.4. The standard InChI is InChI=1S/C27H19BrN2OS2/c28-22-14-8-7-13-21(22)26(31)29-20-15-16-23-24(17-20)32-27(30-23)33-25(18-9-3-1-4-10-18)19-11-5-2-6-12-19/h1-17,25H,(H,29,31). The highest BCUT2D eigenvalue weighted by molar-refractivity contribution is 9.10. The molecule has 1 heterocycles. The topological polar surface area (TPSA) is 42.0 Å². The maximum Gasteiger partial charge on any atom is 0.256 e. The van der Waals surface area contributed by atoms with Gasteiger partial charge in [-0.15, -0.1) is 11.3 Å². The Kier molecular flexibility index (Phi) is 6.58. The zero-order valence-corrected chi connectivity index (χ0v) is 20.7. The smallest absolute Gasteiger partial charge is 0.256 e. The van der Waals surface area contributed by atoms with Crippen molar-refractivity contribution in [2.75, 3.05) is 5.32 Å². The van der Waals surface area contributed by atoms with Crippen LogP contribution >= 0.6 is 39.0 Å². The third-order valence-corrected chi connectivity index (χ3v) is 8.28. The second kappa shape index (κ2) is 9.91. The number of carbonyl (C=O) groups is 1. The minimum atomic E-state index is -0.144. The molecule has 0 aliphatic heterocycles. The van der Waals surface area contributed by atoms with Gasteiger partial charge >= 0.3 is 0 Å². The van der Waals surface area contributed by atoms with E-state index in [1.165, 1.54) is 11.1 Å². The number of hydrogen-bond donors (Lipinski definition) is 1. The second-order valence-corrected chi connectivity index (χ2v) is 10.7. The van der Waals surface area contributed by atoms with Crippen molar-refractivity contribution in [1.29, 1.82) is 0 Å². The lowest BCUT2D eigenvalue weighted by molar-refractivity contribution is 0.102. The average Bonchev–Trinajstić information content (AvgIpc) is 3.26. The molecule has 0 bridgehead atoms. The highest BCUT2D eigenvalue weighted by Gasteiger charge is 2.18. The van der Waals surface area contributed by atoms with Crippen LogP contribution < -0.4 is 5.32 Å². The highest BCUT2D eigenvalue weighted by Crippen LogP contribution is 2.43.